The number of hydrogen-bond donors (Lipinski definition) is 1. The molecule has 1 heterocycles. The Kier molecular flexibility index (Phi) is 2.41. The zero-order valence-electron chi connectivity index (χ0n) is 7.00. The van der Waals surface area contributed by atoms with Gasteiger partial charge < -0.3 is 5.32 Å². The van der Waals surface area contributed by atoms with E-state index in [4.69, 9.17) is 0 Å². The smallest absolute Gasteiger partial charge is 0.146 e. The standard InChI is InChI=1S/C9H6F2N2S/c10-6-1-2-7(11)8(3-6)13-9-4-12-5-14-9/h1-5,13H. The number of halogens is 2. The van der Waals surface area contributed by atoms with Crippen LogP contribution in [0.5, 0.6) is 0 Å². The summed E-state index contributed by atoms with van der Waals surface area (Å²) < 4.78 is 25.9. The molecule has 0 aliphatic heterocycles. The maximum absolute atomic E-state index is 13.1. The molecule has 0 aliphatic rings. The lowest BCUT2D eigenvalue weighted by molar-refractivity contribution is 0.604. The quantitative estimate of drug-likeness (QED) is 0.827. The van der Waals surface area contributed by atoms with E-state index in [2.05, 4.69) is 10.3 Å². The van der Waals surface area contributed by atoms with Gasteiger partial charge in [0.25, 0.3) is 0 Å². The predicted octanol–water partition coefficient (Wildman–Crippen LogP) is 3.16. The van der Waals surface area contributed by atoms with Gasteiger partial charge in [-0.2, -0.15) is 0 Å². The molecule has 0 saturated heterocycles. The third kappa shape index (κ3) is 1.88. The average Bonchev–Trinajstić information content (AvgIpc) is 2.64. The van der Waals surface area contributed by atoms with Gasteiger partial charge in [-0.3, -0.25) is 4.98 Å². The number of hydrogen-bond acceptors (Lipinski definition) is 3. The Balaban J connectivity index is 2.28. The monoisotopic (exact) mass is 212 g/mol. The molecule has 14 heavy (non-hydrogen) atoms. The van der Waals surface area contributed by atoms with Crippen molar-refractivity contribution in [1.82, 2.24) is 4.98 Å². The Labute approximate surface area is 83.2 Å². The summed E-state index contributed by atoms with van der Waals surface area (Å²) in [7, 11) is 0. The van der Waals surface area contributed by atoms with E-state index in [0.717, 1.165) is 18.2 Å². The molecule has 2 nitrogen and oxygen atoms in total. The van der Waals surface area contributed by atoms with Crippen molar-refractivity contribution in [2.24, 2.45) is 0 Å². The number of aromatic nitrogens is 1. The molecule has 1 N–H and O–H groups in total. The first-order valence-electron chi connectivity index (χ1n) is 3.86. The van der Waals surface area contributed by atoms with Crippen LogP contribution in [-0.2, 0) is 0 Å². The van der Waals surface area contributed by atoms with E-state index in [9.17, 15) is 8.78 Å². The first-order chi connectivity index (χ1) is 6.75. The highest BCUT2D eigenvalue weighted by Crippen LogP contribution is 2.22. The number of thiazole rings is 1. The van der Waals surface area contributed by atoms with E-state index in [1.165, 1.54) is 11.3 Å². The maximum atomic E-state index is 13.1. The van der Waals surface area contributed by atoms with Gasteiger partial charge in [-0.15, -0.1) is 11.3 Å². The van der Waals surface area contributed by atoms with Gasteiger partial charge in [0.1, 0.15) is 16.6 Å². The molecule has 5 heteroatoms. The van der Waals surface area contributed by atoms with Crippen LogP contribution in [0, 0.1) is 11.6 Å². The lowest BCUT2D eigenvalue weighted by Crippen LogP contribution is -1.92. The summed E-state index contributed by atoms with van der Waals surface area (Å²) in [5.74, 6) is -0.960. The summed E-state index contributed by atoms with van der Waals surface area (Å²) in [6.07, 6.45) is 1.55. The Morgan fingerprint density at radius 2 is 2.14 bits per heavy atom. The molecule has 0 atom stereocenters. The number of nitrogens with one attached hydrogen (secondary N) is 1. The van der Waals surface area contributed by atoms with Gasteiger partial charge >= 0.3 is 0 Å². The average molecular weight is 212 g/mol. The van der Waals surface area contributed by atoms with Gasteiger partial charge in [-0.05, 0) is 12.1 Å². The predicted molar refractivity (Wildman–Crippen MR) is 51.8 cm³/mol. The largest absolute Gasteiger partial charge is 0.343 e. The molecule has 2 rings (SSSR count). The summed E-state index contributed by atoms with van der Waals surface area (Å²) in [4.78, 5) is 3.81. The van der Waals surface area contributed by atoms with Crippen LogP contribution in [0.15, 0.2) is 29.9 Å². The van der Waals surface area contributed by atoms with Crippen LogP contribution in [0.3, 0.4) is 0 Å². The van der Waals surface area contributed by atoms with E-state index in [-0.39, 0.29) is 5.69 Å². The molecule has 0 bridgehead atoms. The highest BCUT2D eigenvalue weighted by molar-refractivity contribution is 7.13. The van der Waals surface area contributed by atoms with E-state index >= 15 is 0 Å². The van der Waals surface area contributed by atoms with Crippen molar-refractivity contribution in [2.75, 3.05) is 5.32 Å². The zero-order chi connectivity index (χ0) is 9.97. The summed E-state index contributed by atoms with van der Waals surface area (Å²) in [6, 6.07) is 3.26. The summed E-state index contributed by atoms with van der Waals surface area (Å²) >= 11 is 1.32. The fraction of sp³-hybridized carbons (Fsp3) is 0. The van der Waals surface area contributed by atoms with E-state index in [1.807, 2.05) is 0 Å². The van der Waals surface area contributed by atoms with E-state index < -0.39 is 11.6 Å². The Bertz CT molecular complexity index is 428. The molecule has 1 aromatic heterocycles. The summed E-state index contributed by atoms with van der Waals surface area (Å²) in [5, 5.41) is 3.41. The van der Waals surface area contributed by atoms with Gasteiger partial charge in [-0.25, -0.2) is 8.78 Å². The highest BCUT2D eigenvalue weighted by Gasteiger charge is 2.04. The molecular weight excluding hydrogens is 206 g/mol. The van der Waals surface area contributed by atoms with Crippen molar-refractivity contribution in [1.29, 1.82) is 0 Å². The first kappa shape index (κ1) is 9.08. The minimum atomic E-state index is -0.486. The Hall–Kier alpha value is -1.49. The van der Waals surface area contributed by atoms with Gasteiger partial charge in [0.05, 0.1) is 17.4 Å². The van der Waals surface area contributed by atoms with Crippen molar-refractivity contribution < 1.29 is 8.78 Å². The molecule has 0 aliphatic carbocycles. The molecular formula is C9H6F2N2S. The van der Waals surface area contributed by atoms with Gasteiger partial charge in [0.2, 0.25) is 0 Å². The normalized spacial score (nSPS) is 10.1. The van der Waals surface area contributed by atoms with Crippen molar-refractivity contribution in [3.8, 4) is 0 Å². The van der Waals surface area contributed by atoms with E-state index in [1.54, 1.807) is 11.7 Å². The summed E-state index contributed by atoms with van der Waals surface area (Å²) in [6.45, 7) is 0. The van der Waals surface area contributed by atoms with Gasteiger partial charge in [-0.1, -0.05) is 0 Å². The second-order valence-corrected chi connectivity index (χ2v) is 3.50. The van der Waals surface area contributed by atoms with Crippen molar-refractivity contribution in [2.45, 2.75) is 0 Å². The highest BCUT2D eigenvalue weighted by atomic mass is 32.1. The van der Waals surface area contributed by atoms with Crippen LogP contribution in [0.2, 0.25) is 0 Å². The summed E-state index contributed by atoms with van der Waals surface area (Å²) in [5.41, 5.74) is 1.73. The fourth-order valence-corrected chi connectivity index (χ4v) is 1.53. The molecule has 0 radical (unpaired) electrons. The van der Waals surface area contributed by atoms with Crippen LogP contribution in [0.1, 0.15) is 0 Å². The third-order valence-corrected chi connectivity index (χ3v) is 2.31. The minimum Gasteiger partial charge on any atom is -0.343 e. The third-order valence-electron chi connectivity index (χ3n) is 1.62. The Morgan fingerprint density at radius 1 is 1.29 bits per heavy atom. The number of nitrogens with zero attached hydrogens (tertiary/aromatic N) is 1. The van der Waals surface area contributed by atoms with E-state index in [0.29, 0.717) is 5.00 Å². The number of rotatable bonds is 2. The minimum absolute atomic E-state index is 0.120. The molecule has 72 valence electrons. The molecule has 0 saturated carbocycles. The number of benzene rings is 1. The lowest BCUT2D eigenvalue weighted by atomic mass is 10.3. The van der Waals surface area contributed by atoms with Crippen LogP contribution < -0.4 is 5.32 Å². The first-order valence-corrected chi connectivity index (χ1v) is 4.74. The van der Waals surface area contributed by atoms with Crippen LogP contribution in [-0.4, -0.2) is 4.98 Å². The molecule has 2 aromatic rings. The van der Waals surface area contributed by atoms with Crippen LogP contribution >= 0.6 is 11.3 Å². The van der Waals surface area contributed by atoms with Crippen molar-refractivity contribution in [3.63, 3.8) is 0 Å². The van der Waals surface area contributed by atoms with Gasteiger partial charge in [0, 0.05) is 6.07 Å². The second-order valence-electron chi connectivity index (χ2n) is 2.61. The van der Waals surface area contributed by atoms with Crippen LogP contribution in [0.4, 0.5) is 19.5 Å². The zero-order valence-corrected chi connectivity index (χ0v) is 7.81. The molecule has 0 spiro atoms. The fourth-order valence-electron chi connectivity index (χ4n) is 1.00. The number of anilines is 2. The molecule has 0 amide bonds. The second kappa shape index (κ2) is 3.71. The van der Waals surface area contributed by atoms with Crippen molar-refractivity contribution in [3.05, 3.63) is 41.5 Å². The Morgan fingerprint density at radius 3 is 2.86 bits per heavy atom. The maximum Gasteiger partial charge on any atom is 0.146 e. The lowest BCUT2D eigenvalue weighted by Gasteiger charge is -2.03. The SMILES string of the molecule is Fc1ccc(F)c(Nc2cncs2)c1. The molecule has 0 unspecified atom stereocenters. The van der Waals surface area contributed by atoms with Gasteiger partial charge in [0.15, 0.2) is 0 Å². The van der Waals surface area contributed by atoms with Crippen molar-refractivity contribution >= 4 is 22.0 Å². The molecule has 0 fully saturated rings. The van der Waals surface area contributed by atoms with Crippen LogP contribution in [0.25, 0.3) is 0 Å². The molecule has 1 aromatic carbocycles. The topological polar surface area (TPSA) is 24.9 Å².